The number of hydrogen-bond donors (Lipinski definition) is 1. The Balaban J connectivity index is 1.00. The molecule has 0 amide bonds. The molecule has 1 aromatic rings. The number of allylic oxidation sites excluding steroid dienone is 12. The number of benzene rings is 1. The van der Waals surface area contributed by atoms with Crippen LogP contribution in [0.1, 0.15) is 90.7 Å². The van der Waals surface area contributed by atoms with Crippen molar-refractivity contribution in [2.45, 2.75) is 105 Å². The van der Waals surface area contributed by atoms with E-state index in [0.717, 1.165) is 0 Å². The molecule has 0 radical (unpaired) electrons. The van der Waals surface area contributed by atoms with Crippen LogP contribution in [-0.4, -0.2) is 23.0 Å². The number of nitrogens with zero attached hydrogens (tertiary/aromatic N) is 1. The first-order valence-corrected chi connectivity index (χ1v) is 19.5. The van der Waals surface area contributed by atoms with E-state index < -0.39 is 0 Å². The SMILES string of the molecule is C/C=C(\NC(C)[C@@H]1C=CC(N2C3=C(C4=C(CC3)C3C=CC=CC3C4(C)C)C3CC(C)C=CC32)CC1)C1=CC(C)C(c2ccccc2C)C=C1. The first kappa shape index (κ1) is 32.7. The number of aryl methyl sites for hydroxylation is 1. The van der Waals surface area contributed by atoms with E-state index in [1.807, 2.05) is 0 Å². The van der Waals surface area contributed by atoms with Gasteiger partial charge in [-0.2, -0.15) is 0 Å². The summed E-state index contributed by atoms with van der Waals surface area (Å²) >= 11 is 0. The molecule has 6 aliphatic carbocycles. The third-order valence-electron chi connectivity index (χ3n) is 13.6. The lowest BCUT2D eigenvalue weighted by atomic mass is 9.68. The predicted molar refractivity (Wildman–Crippen MR) is 207 cm³/mol. The van der Waals surface area contributed by atoms with Gasteiger partial charge in [-0.3, -0.25) is 0 Å². The van der Waals surface area contributed by atoms with E-state index in [4.69, 9.17) is 0 Å². The van der Waals surface area contributed by atoms with E-state index in [1.54, 1.807) is 22.4 Å². The molecule has 0 bridgehead atoms. The minimum atomic E-state index is 0.189. The summed E-state index contributed by atoms with van der Waals surface area (Å²) in [7, 11) is 0. The van der Waals surface area contributed by atoms with Crippen molar-refractivity contribution in [3.05, 3.63) is 142 Å². The van der Waals surface area contributed by atoms with Crippen LogP contribution in [0.4, 0.5) is 0 Å². The van der Waals surface area contributed by atoms with E-state index in [9.17, 15) is 0 Å². The minimum Gasteiger partial charge on any atom is -0.382 e. The second-order valence-corrected chi connectivity index (χ2v) is 17.0. The van der Waals surface area contributed by atoms with Gasteiger partial charge in [0.15, 0.2) is 0 Å². The topological polar surface area (TPSA) is 15.3 Å². The Bertz CT molecular complexity index is 1770. The Labute approximate surface area is 296 Å². The Morgan fingerprint density at radius 2 is 1.76 bits per heavy atom. The van der Waals surface area contributed by atoms with Crippen molar-refractivity contribution < 1.29 is 0 Å². The van der Waals surface area contributed by atoms with Gasteiger partial charge in [-0.15, -0.1) is 0 Å². The molecule has 0 saturated carbocycles. The molecule has 1 N–H and O–H groups in total. The molecular formula is C47H58N2. The van der Waals surface area contributed by atoms with Crippen molar-refractivity contribution >= 4 is 0 Å². The maximum Gasteiger partial charge on any atom is 0.0546 e. The monoisotopic (exact) mass is 650 g/mol. The van der Waals surface area contributed by atoms with Crippen LogP contribution in [0.15, 0.2) is 131 Å². The summed E-state index contributed by atoms with van der Waals surface area (Å²) in [6.07, 6.45) is 35.6. The second kappa shape index (κ2) is 12.7. The zero-order valence-electron chi connectivity index (χ0n) is 31.0. The maximum absolute atomic E-state index is 3.97. The minimum absolute atomic E-state index is 0.189. The van der Waals surface area contributed by atoms with Crippen LogP contribution in [0.25, 0.3) is 0 Å². The summed E-state index contributed by atoms with van der Waals surface area (Å²) in [5, 5.41) is 3.97. The second-order valence-electron chi connectivity index (χ2n) is 17.0. The lowest BCUT2D eigenvalue weighted by Crippen LogP contribution is -2.43. The van der Waals surface area contributed by atoms with Gasteiger partial charge >= 0.3 is 0 Å². The van der Waals surface area contributed by atoms with Crippen molar-refractivity contribution in [2.75, 3.05) is 0 Å². The molecule has 10 atom stereocenters. The van der Waals surface area contributed by atoms with Gasteiger partial charge in [-0.1, -0.05) is 130 Å². The largest absolute Gasteiger partial charge is 0.382 e. The average molecular weight is 651 g/mol. The number of hydrogen-bond acceptors (Lipinski definition) is 2. The first-order valence-electron chi connectivity index (χ1n) is 19.5. The van der Waals surface area contributed by atoms with Crippen LogP contribution in [0, 0.1) is 47.8 Å². The van der Waals surface area contributed by atoms with E-state index in [-0.39, 0.29) is 5.41 Å². The van der Waals surface area contributed by atoms with Gasteiger partial charge in [0.1, 0.15) is 0 Å². The normalized spacial score (nSPS) is 36.4. The van der Waals surface area contributed by atoms with Crippen LogP contribution >= 0.6 is 0 Å². The highest BCUT2D eigenvalue weighted by Gasteiger charge is 2.54. The molecule has 49 heavy (non-hydrogen) atoms. The summed E-state index contributed by atoms with van der Waals surface area (Å²) < 4.78 is 0. The van der Waals surface area contributed by atoms with Crippen molar-refractivity contribution in [3.8, 4) is 0 Å². The van der Waals surface area contributed by atoms with Gasteiger partial charge in [-0.05, 0) is 110 Å². The summed E-state index contributed by atoms with van der Waals surface area (Å²) in [6.45, 7) is 16.7. The fraction of sp³-hybridized carbons (Fsp3) is 0.489. The fourth-order valence-corrected chi connectivity index (χ4v) is 11.1. The zero-order valence-corrected chi connectivity index (χ0v) is 31.0. The van der Waals surface area contributed by atoms with Gasteiger partial charge in [0.2, 0.25) is 0 Å². The van der Waals surface area contributed by atoms with Gasteiger partial charge in [0.05, 0.1) is 6.04 Å². The summed E-state index contributed by atoms with van der Waals surface area (Å²) in [6, 6.07) is 10.2. The molecule has 1 aliphatic heterocycles. The molecule has 2 nitrogen and oxygen atoms in total. The predicted octanol–water partition coefficient (Wildman–Crippen LogP) is 11.1. The molecule has 256 valence electrons. The van der Waals surface area contributed by atoms with Crippen LogP contribution in [-0.2, 0) is 0 Å². The molecule has 0 fully saturated rings. The molecule has 8 rings (SSSR count). The average Bonchev–Trinajstić information content (AvgIpc) is 3.55. The van der Waals surface area contributed by atoms with Crippen LogP contribution < -0.4 is 5.32 Å². The van der Waals surface area contributed by atoms with Crippen LogP contribution in [0.5, 0.6) is 0 Å². The molecule has 0 saturated heterocycles. The van der Waals surface area contributed by atoms with Gasteiger partial charge in [-0.25, -0.2) is 0 Å². The lowest BCUT2D eigenvalue weighted by Gasteiger charge is -2.41. The van der Waals surface area contributed by atoms with Crippen molar-refractivity contribution in [1.29, 1.82) is 0 Å². The number of rotatable bonds is 6. The van der Waals surface area contributed by atoms with Gasteiger partial charge in [0, 0.05) is 41.2 Å². The molecule has 0 spiro atoms. The summed E-state index contributed by atoms with van der Waals surface area (Å²) in [4.78, 5) is 2.92. The Kier molecular flexibility index (Phi) is 8.45. The van der Waals surface area contributed by atoms with E-state index in [0.29, 0.717) is 59.6 Å². The zero-order chi connectivity index (χ0) is 34.0. The molecule has 1 heterocycles. The molecular weight excluding hydrogens is 593 g/mol. The van der Waals surface area contributed by atoms with Crippen LogP contribution in [0.2, 0.25) is 0 Å². The summed E-state index contributed by atoms with van der Waals surface area (Å²) in [5.41, 5.74) is 12.6. The highest BCUT2D eigenvalue weighted by molar-refractivity contribution is 5.58. The summed E-state index contributed by atoms with van der Waals surface area (Å²) in [5.74, 6) is 3.90. The highest BCUT2D eigenvalue weighted by Crippen LogP contribution is 2.63. The third kappa shape index (κ3) is 5.44. The van der Waals surface area contributed by atoms with E-state index in [2.05, 4.69) is 156 Å². The third-order valence-corrected chi connectivity index (χ3v) is 13.6. The first-order chi connectivity index (χ1) is 23.7. The number of nitrogens with one attached hydrogen (secondary N) is 1. The molecule has 9 unspecified atom stereocenters. The van der Waals surface area contributed by atoms with Gasteiger partial charge in [0.25, 0.3) is 0 Å². The lowest BCUT2D eigenvalue weighted by molar-refractivity contribution is 0.193. The Morgan fingerprint density at radius 1 is 0.939 bits per heavy atom. The number of fused-ring (bicyclic) bond motifs is 5. The van der Waals surface area contributed by atoms with Crippen molar-refractivity contribution in [1.82, 2.24) is 10.2 Å². The Hall–Kier alpha value is -3.52. The maximum atomic E-state index is 3.97. The highest BCUT2D eigenvalue weighted by atomic mass is 15.2. The van der Waals surface area contributed by atoms with E-state index >= 15 is 0 Å². The van der Waals surface area contributed by atoms with Crippen molar-refractivity contribution in [2.24, 2.45) is 40.9 Å². The fourth-order valence-electron chi connectivity index (χ4n) is 11.1. The van der Waals surface area contributed by atoms with E-state index in [1.165, 1.54) is 54.5 Å². The smallest absolute Gasteiger partial charge is 0.0546 e. The van der Waals surface area contributed by atoms with Crippen LogP contribution in [0.3, 0.4) is 0 Å². The quantitative estimate of drug-likeness (QED) is 0.308. The molecule has 2 heteroatoms. The standard InChI is InChI=1S/C47H58N2/c1-8-42(34-20-23-37(31(4)28-34)36-14-10-9-13-30(36)3)48-32(5)33-18-21-35(22-19-33)49-43-25-17-29(2)27-40(43)45-44(49)26-24-39-38-15-11-12-16-41(38)47(6,7)46(39)45/h8-18,20-21,23,25,28-29,31-33,35,37-38,40-41,43,48H,19,22,24,26-27H2,1-7H3/b42-8-/t29?,31?,32?,33-,35?,37?,38?,40?,41?,43?/m1/s1. The molecule has 0 aromatic heterocycles. The molecule has 7 aliphatic rings. The van der Waals surface area contributed by atoms with Crippen molar-refractivity contribution in [3.63, 3.8) is 0 Å². The molecule has 1 aromatic carbocycles. The van der Waals surface area contributed by atoms with Gasteiger partial charge < -0.3 is 10.2 Å². The Morgan fingerprint density at radius 3 is 2.51 bits per heavy atom.